The van der Waals surface area contributed by atoms with Gasteiger partial charge in [0.1, 0.15) is 5.00 Å². The molecule has 0 radical (unpaired) electrons. The number of nitrogens with two attached hydrogens (primary N) is 1. The van der Waals surface area contributed by atoms with Crippen LogP contribution in [0.5, 0.6) is 0 Å². The van der Waals surface area contributed by atoms with E-state index >= 15 is 0 Å². The third kappa shape index (κ3) is 2.85. The van der Waals surface area contributed by atoms with Gasteiger partial charge < -0.3 is 5.73 Å². The minimum absolute atomic E-state index is 0.0271. The van der Waals surface area contributed by atoms with Crippen molar-refractivity contribution in [2.24, 2.45) is 0 Å². The molecule has 0 bridgehead atoms. The lowest BCUT2D eigenvalue weighted by atomic mass is 10.5. The van der Waals surface area contributed by atoms with Crippen LogP contribution in [0.15, 0.2) is 6.07 Å². The van der Waals surface area contributed by atoms with E-state index in [1.54, 1.807) is 6.07 Å². The van der Waals surface area contributed by atoms with Crippen molar-refractivity contribution in [1.29, 1.82) is 0 Å². The minimum Gasteiger partial charge on any atom is -0.389 e. The summed E-state index contributed by atoms with van der Waals surface area (Å²) in [6.45, 7) is 0. The lowest BCUT2D eigenvalue weighted by molar-refractivity contribution is 0.600. The minimum atomic E-state index is -2.98. The highest BCUT2D eigenvalue weighted by atomic mass is 32.2. The summed E-state index contributed by atoms with van der Waals surface area (Å²) in [6.07, 6.45) is 1.17. The average molecular weight is 192 g/mol. The van der Waals surface area contributed by atoms with Gasteiger partial charge in [0.05, 0.1) is 11.4 Å². The molecule has 1 aromatic heterocycles. The monoisotopic (exact) mass is 192 g/mol. The molecular formula is C5H8N2O2S2. The zero-order chi connectivity index (χ0) is 8.48. The molecule has 6 heteroatoms. The lowest BCUT2D eigenvalue weighted by Gasteiger charge is -1.90. The summed E-state index contributed by atoms with van der Waals surface area (Å²) < 4.78 is 25.3. The molecule has 0 amide bonds. The van der Waals surface area contributed by atoms with Crippen molar-refractivity contribution >= 4 is 26.4 Å². The van der Waals surface area contributed by atoms with Crippen LogP contribution in [0.1, 0.15) is 5.69 Å². The quantitative estimate of drug-likeness (QED) is 0.730. The van der Waals surface area contributed by atoms with Crippen molar-refractivity contribution in [2.45, 2.75) is 5.75 Å². The highest BCUT2D eigenvalue weighted by molar-refractivity contribution is 7.89. The molecule has 1 aromatic rings. The standard InChI is InChI=1S/C5H8N2O2S2/c1-11(8,9)3-4-2-5(6)10-7-4/h2H,3,6H2,1H3. The smallest absolute Gasteiger partial charge is 0.153 e. The van der Waals surface area contributed by atoms with Gasteiger partial charge in [0.2, 0.25) is 0 Å². The molecule has 0 aromatic carbocycles. The molecule has 0 aliphatic heterocycles. The van der Waals surface area contributed by atoms with Crippen molar-refractivity contribution in [1.82, 2.24) is 4.37 Å². The van der Waals surface area contributed by atoms with Gasteiger partial charge >= 0.3 is 0 Å². The number of nitrogen functional groups attached to an aromatic ring is 1. The summed E-state index contributed by atoms with van der Waals surface area (Å²) in [7, 11) is -2.98. The average Bonchev–Trinajstić information content (AvgIpc) is 2.10. The van der Waals surface area contributed by atoms with Gasteiger partial charge in [0.15, 0.2) is 9.84 Å². The first-order valence-corrected chi connectivity index (χ1v) is 5.69. The van der Waals surface area contributed by atoms with E-state index in [1.807, 2.05) is 0 Å². The van der Waals surface area contributed by atoms with Crippen LogP contribution in [0.3, 0.4) is 0 Å². The summed E-state index contributed by atoms with van der Waals surface area (Å²) in [5.41, 5.74) is 5.88. The van der Waals surface area contributed by atoms with Gasteiger partial charge in [-0.15, -0.1) is 0 Å². The first-order chi connectivity index (χ1) is 4.97. The topological polar surface area (TPSA) is 73.0 Å². The highest BCUT2D eigenvalue weighted by Gasteiger charge is 2.06. The van der Waals surface area contributed by atoms with Gasteiger partial charge in [0, 0.05) is 6.26 Å². The summed E-state index contributed by atoms with van der Waals surface area (Å²) in [5, 5.41) is 0.545. The van der Waals surface area contributed by atoms with Crippen LogP contribution in [0.2, 0.25) is 0 Å². The second kappa shape index (κ2) is 2.78. The Morgan fingerprint density at radius 1 is 1.73 bits per heavy atom. The van der Waals surface area contributed by atoms with E-state index in [0.29, 0.717) is 10.7 Å². The second-order valence-corrected chi connectivity index (χ2v) is 5.27. The highest BCUT2D eigenvalue weighted by Crippen LogP contribution is 2.13. The van der Waals surface area contributed by atoms with E-state index in [2.05, 4.69) is 4.37 Å². The van der Waals surface area contributed by atoms with E-state index in [4.69, 9.17) is 5.73 Å². The van der Waals surface area contributed by atoms with Crippen molar-refractivity contribution < 1.29 is 8.42 Å². The Kier molecular flexibility index (Phi) is 2.15. The predicted molar refractivity (Wildman–Crippen MR) is 45.1 cm³/mol. The van der Waals surface area contributed by atoms with E-state index in [1.165, 1.54) is 6.26 Å². The van der Waals surface area contributed by atoms with Crippen molar-refractivity contribution in [2.75, 3.05) is 12.0 Å². The molecule has 1 rings (SSSR count). The fraction of sp³-hybridized carbons (Fsp3) is 0.400. The van der Waals surface area contributed by atoms with E-state index in [0.717, 1.165) is 11.5 Å². The van der Waals surface area contributed by atoms with Crippen LogP contribution in [0.25, 0.3) is 0 Å². The van der Waals surface area contributed by atoms with Crippen LogP contribution in [0.4, 0.5) is 5.00 Å². The van der Waals surface area contributed by atoms with Gasteiger partial charge in [-0.1, -0.05) is 0 Å². The number of aromatic nitrogens is 1. The summed E-state index contributed by atoms with van der Waals surface area (Å²) >= 11 is 1.11. The Bertz CT molecular complexity index is 341. The van der Waals surface area contributed by atoms with Crippen molar-refractivity contribution in [3.05, 3.63) is 11.8 Å². The molecule has 0 spiro atoms. The zero-order valence-electron chi connectivity index (χ0n) is 5.94. The largest absolute Gasteiger partial charge is 0.389 e. The fourth-order valence-corrected chi connectivity index (χ4v) is 1.96. The maximum absolute atomic E-state index is 10.7. The molecule has 1 heterocycles. The maximum Gasteiger partial charge on any atom is 0.153 e. The molecule has 11 heavy (non-hydrogen) atoms. The zero-order valence-corrected chi connectivity index (χ0v) is 7.58. The predicted octanol–water partition coefficient (Wildman–Crippen LogP) is 0.270. The number of hydrogen-bond donors (Lipinski definition) is 1. The molecule has 0 atom stereocenters. The molecule has 2 N–H and O–H groups in total. The molecule has 4 nitrogen and oxygen atoms in total. The molecule has 0 fully saturated rings. The van der Waals surface area contributed by atoms with Crippen LogP contribution in [0, 0.1) is 0 Å². The van der Waals surface area contributed by atoms with Gasteiger partial charge in [-0.25, -0.2) is 8.42 Å². The Labute approximate surface area is 69.1 Å². The Morgan fingerprint density at radius 2 is 2.36 bits per heavy atom. The van der Waals surface area contributed by atoms with E-state index in [-0.39, 0.29) is 5.75 Å². The van der Waals surface area contributed by atoms with E-state index in [9.17, 15) is 8.42 Å². The Balaban J connectivity index is 2.81. The lowest BCUT2D eigenvalue weighted by Crippen LogP contribution is -2.00. The molecule has 0 aliphatic carbocycles. The Morgan fingerprint density at radius 3 is 2.73 bits per heavy atom. The molecule has 0 saturated carbocycles. The molecule has 62 valence electrons. The Hall–Kier alpha value is -0.620. The summed E-state index contributed by atoms with van der Waals surface area (Å²) in [4.78, 5) is 0. The van der Waals surface area contributed by atoms with Crippen LogP contribution >= 0.6 is 11.5 Å². The van der Waals surface area contributed by atoms with Gasteiger partial charge in [-0.2, -0.15) is 4.37 Å². The second-order valence-electron chi connectivity index (χ2n) is 2.29. The van der Waals surface area contributed by atoms with Gasteiger partial charge in [-0.3, -0.25) is 0 Å². The number of anilines is 1. The van der Waals surface area contributed by atoms with Crippen molar-refractivity contribution in [3.63, 3.8) is 0 Å². The maximum atomic E-state index is 10.7. The molecule has 0 saturated heterocycles. The molecule has 0 aliphatic rings. The van der Waals surface area contributed by atoms with E-state index < -0.39 is 9.84 Å². The third-order valence-corrected chi connectivity index (χ3v) is 2.46. The number of rotatable bonds is 2. The molecular weight excluding hydrogens is 184 g/mol. The number of sulfone groups is 1. The van der Waals surface area contributed by atoms with Crippen molar-refractivity contribution in [3.8, 4) is 0 Å². The van der Waals surface area contributed by atoms with Crippen LogP contribution in [-0.2, 0) is 15.6 Å². The van der Waals surface area contributed by atoms with Gasteiger partial charge in [-0.05, 0) is 17.6 Å². The first kappa shape index (κ1) is 8.48. The fourth-order valence-electron chi connectivity index (χ4n) is 0.665. The van der Waals surface area contributed by atoms with Crippen LogP contribution < -0.4 is 5.73 Å². The normalized spacial score (nSPS) is 11.7. The van der Waals surface area contributed by atoms with Gasteiger partial charge in [0.25, 0.3) is 0 Å². The first-order valence-electron chi connectivity index (χ1n) is 2.86. The SMILES string of the molecule is CS(=O)(=O)Cc1cc(N)sn1. The number of hydrogen-bond acceptors (Lipinski definition) is 5. The third-order valence-electron chi connectivity index (χ3n) is 0.987. The summed E-state index contributed by atoms with van der Waals surface area (Å²) in [5.74, 6) is -0.0271. The van der Waals surface area contributed by atoms with Crippen LogP contribution in [-0.4, -0.2) is 19.0 Å². The summed E-state index contributed by atoms with van der Waals surface area (Å²) in [6, 6.07) is 1.58. The number of nitrogens with zero attached hydrogens (tertiary/aromatic N) is 1. The molecule has 0 unspecified atom stereocenters.